The van der Waals surface area contributed by atoms with Crippen molar-refractivity contribution in [1.29, 1.82) is 0 Å². The number of alkyl halides is 3. The van der Waals surface area contributed by atoms with Crippen LogP contribution in [0.25, 0.3) is 11.3 Å². The van der Waals surface area contributed by atoms with E-state index in [1.807, 2.05) is 4.57 Å². The van der Waals surface area contributed by atoms with E-state index in [2.05, 4.69) is 15.3 Å². The van der Waals surface area contributed by atoms with Crippen LogP contribution in [0.1, 0.15) is 17.2 Å². The number of halogens is 3. The zero-order valence-electron chi connectivity index (χ0n) is 16.2. The summed E-state index contributed by atoms with van der Waals surface area (Å²) in [6.45, 7) is 2.69. The lowest BCUT2D eigenvalue weighted by atomic mass is 10.0. The number of nitrogens with one attached hydrogen (secondary N) is 1. The number of ether oxygens (including phenoxy) is 1. The Balaban J connectivity index is 1.76. The normalized spacial score (nSPS) is 15.0. The summed E-state index contributed by atoms with van der Waals surface area (Å²) in [6, 6.07) is 5.05. The van der Waals surface area contributed by atoms with Crippen LogP contribution in [0.2, 0.25) is 0 Å². The van der Waals surface area contributed by atoms with Crippen molar-refractivity contribution in [3.8, 4) is 11.3 Å². The highest BCUT2D eigenvalue weighted by Gasteiger charge is 2.30. The summed E-state index contributed by atoms with van der Waals surface area (Å²) in [5, 5.41) is 8.29. The van der Waals surface area contributed by atoms with Crippen LogP contribution < -0.4 is 10.5 Å². The summed E-state index contributed by atoms with van der Waals surface area (Å²) >= 11 is 0. The van der Waals surface area contributed by atoms with Crippen molar-refractivity contribution < 1.29 is 26.3 Å². The molecule has 12 heteroatoms. The third kappa shape index (κ3) is 4.27. The highest BCUT2D eigenvalue weighted by Crippen LogP contribution is 2.36. The molecule has 0 saturated carbocycles. The van der Waals surface area contributed by atoms with Crippen LogP contribution in [-0.4, -0.2) is 36.2 Å². The number of benzene rings is 1. The summed E-state index contributed by atoms with van der Waals surface area (Å²) in [6.07, 6.45) is -0.402. The molecule has 1 aromatic carbocycles. The van der Waals surface area contributed by atoms with Crippen molar-refractivity contribution in [1.82, 2.24) is 14.5 Å². The Bertz CT molecular complexity index is 1220. The standard InChI is InChI=1S/C19H18F3N5O3S/c1-11-16(31(23,28)29)4-3-14(26-17-5-2-12(6-24-17)19(20,21)22)18(11)15-7-27(10-25-15)13-8-30-9-13/h2-7,10,13H,8-9H2,1H3,(H,24,26)(H2,23,28,29). The van der Waals surface area contributed by atoms with E-state index in [1.165, 1.54) is 18.2 Å². The molecule has 1 aliphatic heterocycles. The van der Waals surface area contributed by atoms with Crippen molar-refractivity contribution in [2.75, 3.05) is 18.5 Å². The average Bonchev–Trinajstić information content (AvgIpc) is 3.08. The summed E-state index contributed by atoms with van der Waals surface area (Å²) in [5.74, 6) is 0.156. The second-order valence-electron chi connectivity index (χ2n) is 7.11. The van der Waals surface area contributed by atoms with E-state index in [9.17, 15) is 21.6 Å². The number of rotatable bonds is 5. The molecular weight excluding hydrogens is 435 g/mol. The summed E-state index contributed by atoms with van der Waals surface area (Å²) in [7, 11) is -4.00. The molecule has 3 N–H and O–H groups in total. The smallest absolute Gasteiger partial charge is 0.377 e. The van der Waals surface area contributed by atoms with E-state index < -0.39 is 21.8 Å². The van der Waals surface area contributed by atoms with Gasteiger partial charge >= 0.3 is 6.18 Å². The van der Waals surface area contributed by atoms with Crippen LogP contribution in [0.3, 0.4) is 0 Å². The highest BCUT2D eigenvalue weighted by molar-refractivity contribution is 7.89. The van der Waals surface area contributed by atoms with Crippen LogP contribution in [0.5, 0.6) is 0 Å². The molecule has 0 bridgehead atoms. The topological polar surface area (TPSA) is 112 Å². The van der Waals surface area contributed by atoms with Crippen molar-refractivity contribution in [2.24, 2.45) is 5.14 Å². The first kappa shape index (κ1) is 21.3. The van der Waals surface area contributed by atoms with Gasteiger partial charge < -0.3 is 14.6 Å². The van der Waals surface area contributed by atoms with Gasteiger partial charge in [0.15, 0.2) is 0 Å². The predicted molar refractivity (Wildman–Crippen MR) is 106 cm³/mol. The number of nitrogens with two attached hydrogens (primary N) is 1. The number of primary sulfonamides is 1. The van der Waals surface area contributed by atoms with Gasteiger partial charge in [0.25, 0.3) is 0 Å². The largest absolute Gasteiger partial charge is 0.417 e. The first-order valence-electron chi connectivity index (χ1n) is 9.12. The van der Waals surface area contributed by atoms with Crippen LogP contribution in [-0.2, 0) is 20.9 Å². The van der Waals surface area contributed by atoms with Crippen molar-refractivity contribution in [3.63, 3.8) is 0 Å². The monoisotopic (exact) mass is 453 g/mol. The molecule has 31 heavy (non-hydrogen) atoms. The van der Waals surface area contributed by atoms with Crippen LogP contribution >= 0.6 is 0 Å². The van der Waals surface area contributed by atoms with E-state index in [1.54, 1.807) is 19.4 Å². The first-order chi connectivity index (χ1) is 14.5. The first-order valence-corrected chi connectivity index (χ1v) is 10.7. The summed E-state index contributed by atoms with van der Waals surface area (Å²) < 4.78 is 69.4. The molecule has 1 aliphatic rings. The molecule has 1 saturated heterocycles. The molecule has 4 rings (SSSR count). The number of nitrogens with zero attached hydrogens (tertiary/aromatic N) is 3. The Hall–Kier alpha value is -2.96. The Morgan fingerprint density at radius 2 is 1.94 bits per heavy atom. The Morgan fingerprint density at radius 1 is 1.19 bits per heavy atom. The number of hydrogen-bond acceptors (Lipinski definition) is 6. The SMILES string of the molecule is Cc1c(S(N)(=O)=O)ccc(Nc2ccc(C(F)(F)F)cn2)c1-c1cn(C2COC2)cn1. The summed E-state index contributed by atoms with van der Waals surface area (Å²) in [4.78, 5) is 8.13. The lowest BCUT2D eigenvalue weighted by Crippen LogP contribution is -2.29. The molecule has 0 radical (unpaired) electrons. The minimum atomic E-state index is -4.50. The van der Waals surface area contributed by atoms with Gasteiger partial charge in [0.05, 0.1) is 41.7 Å². The molecule has 0 spiro atoms. The highest BCUT2D eigenvalue weighted by atomic mass is 32.2. The van der Waals surface area contributed by atoms with Gasteiger partial charge in [0.2, 0.25) is 10.0 Å². The number of pyridine rings is 1. The molecule has 2 aromatic heterocycles. The van der Waals surface area contributed by atoms with Crippen molar-refractivity contribution in [3.05, 3.63) is 54.1 Å². The molecule has 0 atom stereocenters. The predicted octanol–water partition coefficient (Wildman–Crippen LogP) is 3.23. The molecule has 164 valence electrons. The van der Waals surface area contributed by atoms with Gasteiger partial charge in [0.1, 0.15) is 5.82 Å². The van der Waals surface area contributed by atoms with Crippen molar-refractivity contribution >= 4 is 21.5 Å². The maximum atomic E-state index is 12.8. The van der Waals surface area contributed by atoms with Crippen molar-refractivity contribution in [2.45, 2.75) is 24.0 Å². The van der Waals surface area contributed by atoms with E-state index in [0.29, 0.717) is 35.7 Å². The quantitative estimate of drug-likeness (QED) is 0.614. The number of sulfonamides is 1. The molecule has 0 unspecified atom stereocenters. The van der Waals surface area contributed by atoms with Gasteiger partial charge in [-0.15, -0.1) is 0 Å². The fourth-order valence-corrected chi connectivity index (χ4v) is 4.06. The van der Waals surface area contributed by atoms with E-state index in [4.69, 9.17) is 9.88 Å². The molecule has 3 heterocycles. The molecule has 0 aliphatic carbocycles. The van der Waals surface area contributed by atoms with Crippen LogP contribution in [0.15, 0.2) is 47.9 Å². The second kappa shape index (κ2) is 7.62. The molecule has 0 amide bonds. The Labute approximate surface area is 175 Å². The number of anilines is 2. The van der Waals surface area contributed by atoms with Crippen LogP contribution in [0.4, 0.5) is 24.7 Å². The second-order valence-corrected chi connectivity index (χ2v) is 8.64. The average molecular weight is 453 g/mol. The Kier molecular flexibility index (Phi) is 5.23. The lowest BCUT2D eigenvalue weighted by Gasteiger charge is -2.26. The minimum absolute atomic E-state index is 0.0741. The maximum absolute atomic E-state index is 12.8. The van der Waals surface area contributed by atoms with E-state index in [0.717, 1.165) is 12.3 Å². The number of hydrogen-bond donors (Lipinski definition) is 2. The summed E-state index contributed by atoms with van der Waals surface area (Å²) in [5.41, 5.74) is 0.832. The van der Waals surface area contributed by atoms with Crippen LogP contribution in [0, 0.1) is 6.92 Å². The van der Waals surface area contributed by atoms with Gasteiger partial charge in [-0.1, -0.05) is 0 Å². The maximum Gasteiger partial charge on any atom is 0.417 e. The number of aromatic nitrogens is 3. The fourth-order valence-electron chi connectivity index (χ4n) is 3.27. The molecule has 1 fully saturated rings. The van der Waals surface area contributed by atoms with Gasteiger partial charge in [-0.25, -0.2) is 23.5 Å². The minimum Gasteiger partial charge on any atom is -0.377 e. The van der Waals surface area contributed by atoms with Gasteiger partial charge in [-0.3, -0.25) is 0 Å². The van der Waals surface area contributed by atoms with Gasteiger partial charge in [-0.05, 0) is 36.8 Å². The third-order valence-electron chi connectivity index (χ3n) is 4.98. The Morgan fingerprint density at radius 3 is 2.48 bits per heavy atom. The molecule has 8 nitrogen and oxygen atoms in total. The fraction of sp³-hybridized carbons (Fsp3) is 0.263. The zero-order chi connectivity index (χ0) is 22.4. The number of imidazole rings is 1. The lowest BCUT2D eigenvalue weighted by molar-refractivity contribution is -0.137. The zero-order valence-corrected chi connectivity index (χ0v) is 17.0. The van der Waals surface area contributed by atoms with Gasteiger partial charge in [0, 0.05) is 23.6 Å². The molecule has 3 aromatic rings. The van der Waals surface area contributed by atoms with E-state index >= 15 is 0 Å². The van der Waals surface area contributed by atoms with E-state index in [-0.39, 0.29) is 16.8 Å². The van der Waals surface area contributed by atoms with Gasteiger partial charge in [-0.2, -0.15) is 13.2 Å². The third-order valence-corrected chi connectivity index (χ3v) is 6.03. The molecular formula is C19H18F3N5O3S.